The summed E-state index contributed by atoms with van der Waals surface area (Å²) >= 11 is 0. The molecule has 4 nitrogen and oxygen atoms in total. The number of ether oxygens (including phenoxy) is 1. The van der Waals surface area contributed by atoms with E-state index in [4.69, 9.17) is 9.84 Å². The Morgan fingerprint density at radius 3 is 2.67 bits per heavy atom. The molecule has 0 aliphatic carbocycles. The van der Waals surface area contributed by atoms with Crippen LogP contribution < -0.4 is 4.74 Å². The number of aliphatic hydroxyl groups excluding tert-OH is 1. The predicted molar refractivity (Wildman–Crippen MR) is 66.8 cm³/mol. The highest BCUT2D eigenvalue weighted by molar-refractivity contribution is 7.91. The number of sulfone groups is 1. The second-order valence-corrected chi connectivity index (χ2v) is 6.33. The third-order valence-corrected chi connectivity index (χ3v) is 4.27. The summed E-state index contributed by atoms with van der Waals surface area (Å²) in [6, 6.07) is 4.18. The average molecular weight is 276 g/mol. The van der Waals surface area contributed by atoms with E-state index in [0.29, 0.717) is 12.0 Å². The van der Waals surface area contributed by atoms with E-state index in [1.807, 2.05) is 0 Å². The van der Waals surface area contributed by atoms with Gasteiger partial charge >= 0.3 is 0 Å². The minimum absolute atomic E-state index is 0.0415. The zero-order valence-electron chi connectivity index (χ0n) is 10.2. The Morgan fingerprint density at radius 1 is 1.39 bits per heavy atom. The molecule has 0 fully saturated rings. The molecule has 1 aromatic rings. The van der Waals surface area contributed by atoms with Crippen LogP contribution in [0.15, 0.2) is 18.2 Å². The lowest BCUT2D eigenvalue weighted by Gasteiger charge is -2.08. The summed E-state index contributed by atoms with van der Waals surface area (Å²) < 4.78 is 41.0. The van der Waals surface area contributed by atoms with Gasteiger partial charge in [0, 0.05) is 5.75 Å². The Bertz CT molecular complexity index is 485. The van der Waals surface area contributed by atoms with Crippen LogP contribution in [0.25, 0.3) is 0 Å². The van der Waals surface area contributed by atoms with Crippen LogP contribution in [0.5, 0.6) is 5.75 Å². The molecule has 0 aromatic heterocycles. The van der Waals surface area contributed by atoms with Crippen LogP contribution in [0.3, 0.4) is 0 Å². The highest BCUT2D eigenvalue weighted by atomic mass is 32.2. The number of aliphatic hydroxyl groups is 1. The van der Waals surface area contributed by atoms with Gasteiger partial charge in [0.25, 0.3) is 0 Å². The first-order valence-corrected chi connectivity index (χ1v) is 7.53. The summed E-state index contributed by atoms with van der Waals surface area (Å²) in [5.74, 6) is -0.340. The maximum absolute atomic E-state index is 13.4. The molecular weight excluding hydrogens is 259 g/mol. The molecule has 0 saturated carbocycles. The van der Waals surface area contributed by atoms with E-state index in [0.717, 1.165) is 0 Å². The SMILES string of the molecule is CCS(=O)(=O)CCCOc1ccc(CO)cc1F. The first kappa shape index (κ1) is 14.9. The molecule has 1 aromatic carbocycles. The molecule has 0 radical (unpaired) electrons. The average Bonchev–Trinajstić information content (AvgIpc) is 2.36. The van der Waals surface area contributed by atoms with Gasteiger partial charge in [-0.3, -0.25) is 0 Å². The van der Waals surface area contributed by atoms with Crippen LogP contribution in [0.4, 0.5) is 4.39 Å². The molecule has 0 aliphatic rings. The van der Waals surface area contributed by atoms with Gasteiger partial charge in [-0.05, 0) is 24.1 Å². The third-order valence-electron chi connectivity index (χ3n) is 2.48. The fourth-order valence-electron chi connectivity index (χ4n) is 1.37. The number of hydrogen-bond acceptors (Lipinski definition) is 4. The molecule has 0 amide bonds. The minimum atomic E-state index is -3.00. The van der Waals surface area contributed by atoms with Crippen LogP contribution in [-0.4, -0.2) is 31.6 Å². The summed E-state index contributed by atoms with van der Waals surface area (Å²) in [5.41, 5.74) is 0.466. The molecule has 0 heterocycles. The first-order chi connectivity index (χ1) is 8.48. The lowest BCUT2D eigenvalue weighted by atomic mass is 10.2. The van der Waals surface area contributed by atoms with Gasteiger partial charge in [-0.1, -0.05) is 13.0 Å². The van der Waals surface area contributed by atoms with Gasteiger partial charge < -0.3 is 9.84 Å². The van der Waals surface area contributed by atoms with E-state index in [2.05, 4.69) is 0 Å². The smallest absolute Gasteiger partial charge is 0.165 e. The second kappa shape index (κ2) is 6.70. The van der Waals surface area contributed by atoms with Crippen LogP contribution in [0.2, 0.25) is 0 Å². The molecule has 0 bridgehead atoms. The summed E-state index contributed by atoms with van der Waals surface area (Å²) in [6.45, 7) is 1.50. The van der Waals surface area contributed by atoms with Gasteiger partial charge in [-0.25, -0.2) is 12.8 Å². The van der Waals surface area contributed by atoms with E-state index >= 15 is 0 Å². The topological polar surface area (TPSA) is 63.6 Å². The van der Waals surface area contributed by atoms with Crippen molar-refractivity contribution in [3.63, 3.8) is 0 Å². The van der Waals surface area contributed by atoms with Crippen LogP contribution in [-0.2, 0) is 16.4 Å². The van der Waals surface area contributed by atoms with Crippen molar-refractivity contribution < 1.29 is 22.7 Å². The zero-order valence-corrected chi connectivity index (χ0v) is 11.0. The second-order valence-electron chi connectivity index (χ2n) is 3.86. The quantitative estimate of drug-likeness (QED) is 0.767. The van der Waals surface area contributed by atoms with E-state index < -0.39 is 15.7 Å². The summed E-state index contributed by atoms with van der Waals surface area (Å²) in [7, 11) is -3.00. The van der Waals surface area contributed by atoms with Crippen molar-refractivity contribution in [3.8, 4) is 5.75 Å². The summed E-state index contributed by atoms with van der Waals surface area (Å²) in [4.78, 5) is 0. The van der Waals surface area contributed by atoms with E-state index in [9.17, 15) is 12.8 Å². The first-order valence-electron chi connectivity index (χ1n) is 5.71. The molecule has 0 atom stereocenters. The fraction of sp³-hybridized carbons (Fsp3) is 0.500. The van der Waals surface area contributed by atoms with Crippen molar-refractivity contribution in [2.24, 2.45) is 0 Å². The molecule has 0 unspecified atom stereocenters. The third kappa shape index (κ3) is 4.62. The van der Waals surface area contributed by atoms with Crippen molar-refractivity contribution in [3.05, 3.63) is 29.6 Å². The van der Waals surface area contributed by atoms with Gasteiger partial charge in [0.05, 0.1) is 19.0 Å². The number of halogens is 1. The van der Waals surface area contributed by atoms with Gasteiger partial charge in [0.1, 0.15) is 9.84 Å². The molecule has 0 spiro atoms. The molecular formula is C12H17FO4S. The van der Waals surface area contributed by atoms with Gasteiger partial charge in [-0.15, -0.1) is 0 Å². The molecule has 1 N–H and O–H groups in total. The van der Waals surface area contributed by atoms with E-state index in [1.54, 1.807) is 13.0 Å². The van der Waals surface area contributed by atoms with Crippen LogP contribution in [0.1, 0.15) is 18.9 Å². The zero-order chi connectivity index (χ0) is 13.6. The highest BCUT2D eigenvalue weighted by Gasteiger charge is 2.08. The molecule has 0 saturated heterocycles. The number of benzene rings is 1. The lowest BCUT2D eigenvalue weighted by Crippen LogP contribution is -2.12. The van der Waals surface area contributed by atoms with Gasteiger partial charge in [-0.2, -0.15) is 0 Å². The Kier molecular flexibility index (Phi) is 5.55. The lowest BCUT2D eigenvalue weighted by molar-refractivity contribution is 0.278. The minimum Gasteiger partial charge on any atom is -0.490 e. The molecule has 0 aliphatic heterocycles. The monoisotopic (exact) mass is 276 g/mol. The van der Waals surface area contributed by atoms with Crippen molar-refractivity contribution in [2.75, 3.05) is 18.1 Å². The Balaban J connectivity index is 2.45. The molecule has 1 rings (SSSR count). The maximum atomic E-state index is 13.4. The standard InChI is InChI=1S/C12H17FO4S/c1-2-18(15,16)7-3-6-17-12-5-4-10(9-14)8-11(12)13/h4-5,8,14H,2-3,6-7,9H2,1H3. The normalized spacial score (nSPS) is 11.5. The Labute approximate surface area is 106 Å². The van der Waals surface area contributed by atoms with Crippen molar-refractivity contribution in [1.29, 1.82) is 0 Å². The summed E-state index contributed by atoms with van der Waals surface area (Å²) in [5, 5.41) is 8.81. The van der Waals surface area contributed by atoms with Crippen LogP contribution in [0, 0.1) is 5.82 Å². The number of hydrogen-bond donors (Lipinski definition) is 1. The number of rotatable bonds is 7. The van der Waals surface area contributed by atoms with Crippen LogP contribution >= 0.6 is 0 Å². The maximum Gasteiger partial charge on any atom is 0.165 e. The molecule has 6 heteroatoms. The molecule has 102 valence electrons. The van der Waals surface area contributed by atoms with E-state index in [-0.39, 0.29) is 30.5 Å². The fourth-order valence-corrected chi connectivity index (χ4v) is 2.21. The molecule has 18 heavy (non-hydrogen) atoms. The predicted octanol–water partition coefficient (Wildman–Crippen LogP) is 1.52. The van der Waals surface area contributed by atoms with Crippen molar-refractivity contribution >= 4 is 9.84 Å². The van der Waals surface area contributed by atoms with Gasteiger partial charge in [0.2, 0.25) is 0 Å². The van der Waals surface area contributed by atoms with Crippen molar-refractivity contribution in [1.82, 2.24) is 0 Å². The van der Waals surface area contributed by atoms with Crippen molar-refractivity contribution in [2.45, 2.75) is 20.0 Å². The Morgan fingerprint density at radius 2 is 2.11 bits per heavy atom. The van der Waals surface area contributed by atoms with Gasteiger partial charge in [0.15, 0.2) is 11.6 Å². The Hall–Kier alpha value is -1.14. The highest BCUT2D eigenvalue weighted by Crippen LogP contribution is 2.18. The van der Waals surface area contributed by atoms with E-state index in [1.165, 1.54) is 12.1 Å². The largest absolute Gasteiger partial charge is 0.490 e. The summed E-state index contributed by atoms with van der Waals surface area (Å²) in [6.07, 6.45) is 0.331.